The number of amides is 3. The lowest BCUT2D eigenvalue weighted by Crippen LogP contribution is -2.60. The molecule has 1 saturated carbocycles. The molecule has 236 valence electrons. The third-order valence-electron chi connectivity index (χ3n) is 9.49. The Labute approximate surface area is 265 Å². The topological polar surface area (TPSA) is 133 Å². The first-order chi connectivity index (χ1) is 21.2. The van der Waals surface area contributed by atoms with Crippen molar-refractivity contribution in [2.75, 3.05) is 13.7 Å². The standard InChI is InChI=1S/C34H39N5O5S/c1-17(27(40)31-37-21-11-8-9-14-24(21)45-31)35-30(42)26-25-19(34(25,5)6)16-39(26)32(43)28(33(2,3)4)38-29(41)22-15-18-20(36-22)12-10-13-23(18)44-7/h8-15,17,19,25-26,28,36H,16H2,1-7H3,(H,35,42)(H,38,41)/t17-,19-,25-,26-,28+/m0/s1. The molecule has 5 atom stereocenters. The lowest BCUT2D eigenvalue weighted by Gasteiger charge is -2.37. The lowest BCUT2D eigenvalue weighted by atomic mass is 9.85. The van der Waals surface area contributed by atoms with Crippen molar-refractivity contribution in [1.29, 1.82) is 0 Å². The summed E-state index contributed by atoms with van der Waals surface area (Å²) in [5, 5.41) is 6.94. The van der Waals surface area contributed by atoms with E-state index in [0.29, 0.717) is 23.0 Å². The van der Waals surface area contributed by atoms with Crippen LogP contribution < -0.4 is 15.4 Å². The first-order valence-corrected chi connectivity index (χ1v) is 16.0. The molecule has 11 heteroatoms. The molecule has 0 spiro atoms. The van der Waals surface area contributed by atoms with Gasteiger partial charge in [0, 0.05) is 17.4 Å². The van der Waals surface area contributed by atoms with Crippen LogP contribution in [0.4, 0.5) is 0 Å². The van der Waals surface area contributed by atoms with Crippen molar-refractivity contribution in [3.8, 4) is 5.75 Å². The molecule has 0 radical (unpaired) electrons. The number of hydrogen-bond acceptors (Lipinski definition) is 7. The molecule has 3 N–H and O–H groups in total. The summed E-state index contributed by atoms with van der Waals surface area (Å²) in [7, 11) is 1.57. The fourth-order valence-corrected chi connectivity index (χ4v) is 7.79. The van der Waals surface area contributed by atoms with Gasteiger partial charge in [0.25, 0.3) is 5.91 Å². The van der Waals surface area contributed by atoms with Crippen LogP contribution >= 0.6 is 11.3 Å². The number of H-pyrrole nitrogens is 1. The van der Waals surface area contributed by atoms with Crippen molar-refractivity contribution >= 4 is 56.0 Å². The maximum Gasteiger partial charge on any atom is 0.268 e. The minimum absolute atomic E-state index is 0.0521. The molecular weight excluding hydrogens is 590 g/mol. The van der Waals surface area contributed by atoms with Crippen LogP contribution in [-0.2, 0) is 9.59 Å². The van der Waals surface area contributed by atoms with Crippen LogP contribution in [-0.4, -0.2) is 70.2 Å². The molecule has 0 bridgehead atoms. The number of methoxy groups -OCH3 is 1. The van der Waals surface area contributed by atoms with Gasteiger partial charge in [0.2, 0.25) is 17.6 Å². The Morgan fingerprint density at radius 1 is 1.09 bits per heavy atom. The summed E-state index contributed by atoms with van der Waals surface area (Å²) < 4.78 is 6.33. The second-order valence-electron chi connectivity index (χ2n) is 13.8. The van der Waals surface area contributed by atoms with Crippen LogP contribution in [0.1, 0.15) is 61.8 Å². The molecule has 3 heterocycles. The highest BCUT2D eigenvalue weighted by atomic mass is 32.1. The van der Waals surface area contributed by atoms with Gasteiger partial charge in [-0.2, -0.15) is 0 Å². The molecule has 2 aromatic heterocycles. The van der Waals surface area contributed by atoms with Crippen LogP contribution in [0.5, 0.6) is 5.75 Å². The number of fused-ring (bicyclic) bond motifs is 3. The van der Waals surface area contributed by atoms with Gasteiger partial charge in [-0.3, -0.25) is 19.2 Å². The minimum atomic E-state index is -0.906. The predicted octanol–water partition coefficient (Wildman–Crippen LogP) is 4.80. The average molecular weight is 630 g/mol. The number of ether oxygens (including phenoxy) is 1. The van der Waals surface area contributed by atoms with Gasteiger partial charge in [-0.1, -0.05) is 52.8 Å². The van der Waals surface area contributed by atoms with Crippen molar-refractivity contribution < 1.29 is 23.9 Å². The molecule has 6 rings (SSSR count). The smallest absolute Gasteiger partial charge is 0.268 e. The number of para-hydroxylation sites is 1. The highest BCUT2D eigenvalue weighted by Crippen LogP contribution is 2.65. The number of Topliss-reactive ketones (excluding diaryl/α,β-unsaturated/α-hetero) is 1. The van der Waals surface area contributed by atoms with Crippen LogP contribution in [0.25, 0.3) is 21.1 Å². The number of ketones is 1. The molecule has 45 heavy (non-hydrogen) atoms. The number of nitrogens with zero attached hydrogens (tertiary/aromatic N) is 2. The minimum Gasteiger partial charge on any atom is -0.496 e. The van der Waals surface area contributed by atoms with Crippen LogP contribution in [0.3, 0.4) is 0 Å². The van der Waals surface area contributed by atoms with Crippen molar-refractivity contribution in [2.45, 2.75) is 59.7 Å². The Balaban J connectivity index is 1.22. The third kappa shape index (κ3) is 5.37. The molecule has 2 aromatic carbocycles. The fraction of sp³-hybridized carbons (Fsp3) is 0.441. The number of benzene rings is 2. The number of likely N-dealkylation sites (tertiary alicyclic amines) is 1. The maximum atomic E-state index is 14.3. The summed E-state index contributed by atoms with van der Waals surface area (Å²) >= 11 is 1.29. The van der Waals surface area contributed by atoms with Gasteiger partial charge in [0.15, 0.2) is 5.01 Å². The van der Waals surface area contributed by atoms with Crippen molar-refractivity contribution in [3.63, 3.8) is 0 Å². The molecule has 0 unspecified atom stereocenters. The molecule has 1 aliphatic carbocycles. The van der Waals surface area contributed by atoms with E-state index >= 15 is 0 Å². The number of aromatic amines is 1. The summed E-state index contributed by atoms with van der Waals surface area (Å²) in [6.45, 7) is 11.9. The summed E-state index contributed by atoms with van der Waals surface area (Å²) in [4.78, 5) is 64.2. The van der Waals surface area contributed by atoms with Gasteiger partial charge >= 0.3 is 0 Å². The molecule has 10 nitrogen and oxygen atoms in total. The zero-order chi connectivity index (χ0) is 32.4. The Kier molecular flexibility index (Phi) is 7.50. The molecule has 2 fully saturated rings. The predicted molar refractivity (Wildman–Crippen MR) is 173 cm³/mol. The second kappa shape index (κ2) is 11.0. The largest absolute Gasteiger partial charge is 0.496 e. The molecular formula is C34H39N5O5S. The monoisotopic (exact) mass is 629 g/mol. The number of carbonyl (C=O) groups excluding carboxylic acids is 4. The number of aromatic nitrogens is 2. The first kappa shape index (κ1) is 30.8. The van der Waals surface area contributed by atoms with E-state index < -0.39 is 29.4 Å². The fourth-order valence-electron chi connectivity index (χ4n) is 6.79. The molecule has 2 aliphatic rings. The Morgan fingerprint density at radius 3 is 2.51 bits per heavy atom. The molecule has 1 saturated heterocycles. The summed E-state index contributed by atoms with van der Waals surface area (Å²) in [5.74, 6) is -0.671. The Bertz CT molecular complexity index is 1800. The first-order valence-electron chi connectivity index (χ1n) is 15.2. The van der Waals surface area contributed by atoms with E-state index in [0.717, 1.165) is 21.1 Å². The third-order valence-corrected chi connectivity index (χ3v) is 10.5. The van der Waals surface area contributed by atoms with E-state index in [1.807, 2.05) is 63.2 Å². The van der Waals surface area contributed by atoms with Crippen LogP contribution in [0.15, 0.2) is 48.5 Å². The summed E-state index contributed by atoms with van der Waals surface area (Å²) in [6.07, 6.45) is 0. The molecule has 3 amide bonds. The van der Waals surface area contributed by atoms with E-state index in [1.54, 1.807) is 25.0 Å². The molecule has 4 aromatic rings. The summed E-state index contributed by atoms with van der Waals surface area (Å²) in [6, 6.07) is 12.2. The van der Waals surface area contributed by atoms with Crippen LogP contribution in [0, 0.1) is 22.7 Å². The van der Waals surface area contributed by atoms with E-state index in [-0.39, 0.29) is 34.8 Å². The SMILES string of the molecule is COc1cccc2[nH]c(C(=O)N[C@H](C(=O)N3C[C@H]4[C@@H]([C@H]3C(=O)N[C@@H](C)C(=O)c3nc5ccccc5s3)C4(C)C)C(C)(C)C)cc12. The average Bonchev–Trinajstić information content (AvgIpc) is 3.52. The van der Waals surface area contributed by atoms with Crippen molar-refractivity contribution in [2.24, 2.45) is 22.7 Å². The quantitative estimate of drug-likeness (QED) is 0.240. The normalized spacial score (nSPS) is 21.7. The van der Waals surface area contributed by atoms with E-state index in [4.69, 9.17) is 4.74 Å². The van der Waals surface area contributed by atoms with Crippen molar-refractivity contribution in [3.05, 3.63) is 59.2 Å². The highest BCUT2D eigenvalue weighted by Gasteiger charge is 2.69. The maximum absolute atomic E-state index is 14.3. The van der Waals surface area contributed by atoms with Gasteiger partial charge in [-0.05, 0) is 59.9 Å². The highest BCUT2D eigenvalue weighted by molar-refractivity contribution is 7.20. The number of hydrogen-bond donors (Lipinski definition) is 3. The zero-order valence-electron chi connectivity index (χ0n) is 26.6. The number of carbonyl (C=O) groups is 4. The van der Waals surface area contributed by atoms with Gasteiger partial charge in [-0.25, -0.2) is 4.98 Å². The number of nitrogens with one attached hydrogen (secondary N) is 3. The second-order valence-corrected chi connectivity index (χ2v) is 14.9. The Morgan fingerprint density at radius 2 is 1.82 bits per heavy atom. The number of thiazole rings is 1. The summed E-state index contributed by atoms with van der Waals surface area (Å²) in [5.41, 5.74) is 1.00. The Hall–Kier alpha value is -4.25. The van der Waals surface area contributed by atoms with Gasteiger partial charge in [0.1, 0.15) is 23.5 Å². The number of piperidine rings is 1. The van der Waals surface area contributed by atoms with Gasteiger partial charge < -0.3 is 25.3 Å². The molecule has 1 aliphatic heterocycles. The van der Waals surface area contributed by atoms with Gasteiger partial charge in [-0.15, -0.1) is 11.3 Å². The van der Waals surface area contributed by atoms with E-state index in [2.05, 4.69) is 34.4 Å². The van der Waals surface area contributed by atoms with E-state index in [9.17, 15) is 19.2 Å². The van der Waals surface area contributed by atoms with Crippen LogP contribution in [0.2, 0.25) is 0 Å². The van der Waals surface area contributed by atoms with Crippen molar-refractivity contribution in [1.82, 2.24) is 25.5 Å². The number of rotatable bonds is 8. The zero-order valence-corrected chi connectivity index (χ0v) is 27.4. The van der Waals surface area contributed by atoms with E-state index in [1.165, 1.54) is 11.3 Å². The van der Waals surface area contributed by atoms with Gasteiger partial charge in [0.05, 0.1) is 23.4 Å². The lowest BCUT2D eigenvalue weighted by molar-refractivity contribution is -0.143.